The van der Waals surface area contributed by atoms with Crippen LogP contribution in [0.25, 0.3) is 0 Å². The minimum Gasteiger partial charge on any atom is -0.492 e. The number of ketones is 2. The van der Waals surface area contributed by atoms with Gasteiger partial charge in [0.1, 0.15) is 47.0 Å². The molecule has 0 radical (unpaired) electrons. The molecule has 5 aromatic rings. The lowest BCUT2D eigenvalue weighted by Crippen LogP contribution is -2.30. The second-order valence-corrected chi connectivity index (χ2v) is 18.7. The number of rotatable bonds is 14. The highest BCUT2D eigenvalue weighted by Crippen LogP contribution is 2.31. The van der Waals surface area contributed by atoms with Crippen LogP contribution < -0.4 is 31.6 Å². The third-order valence-corrected chi connectivity index (χ3v) is 12.8. The number of nitrogens with zero attached hydrogens (tertiary/aromatic N) is 4. The van der Waals surface area contributed by atoms with Gasteiger partial charge in [0.25, 0.3) is 0 Å². The molecule has 0 aliphatic carbocycles. The van der Waals surface area contributed by atoms with Crippen molar-refractivity contribution in [1.82, 2.24) is 14.8 Å². The normalized spacial score (nSPS) is 16.2. The van der Waals surface area contributed by atoms with Gasteiger partial charge in [0.15, 0.2) is 21.2 Å². The Morgan fingerprint density at radius 2 is 1.42 bits per heavy atom. The zero-order valence-corrected chi connectivity index (χ0v) is 40.7. The second kappa shape index (κ2) is 25.8. The van der Waals surface area contributed by atoms with E-state index in [-0.39, 0.29) is 39.0 Å². The maximum absolute atomic E-state index is 13.4. The highest BCUT2D eigenvalue weighted by Gasteiger charge is 2.23. The zero-order valence-electron chi connectivity index (χ0n) is 35.5. The first-order chi connectivity index (χ1) is 30.8. The van der Waals surface area contributed by atoms with Crippen LogP contribution in [-0.2, 0) is 0 Å². The van der Waals surface area contributed by atoms with Gasteiger partial charge in [0, 0.05) is 40.1 Å². The minimum absolute atomic E-state index is 0.107. The number of anilines is 4. The number of hydrogen-bond donors (Lipinski definition) is 4. The molecule has 7 rings (SSSR count). The molecule has 3 atom stereocenters. The number of alkyl halides is 1. The molecule has 1 aromatic heterocycles. The highest BCUT2D eigenvalue weighted by molar-refractivity contribution is 9.09. The number of aliphatic imine (C=N–C) groups is 1. The quantitative estimate of drug-likeness (QED) is 0.0208. The lowest BCUT2D eigenvalue weighted by Gasteiger charge is -2.19. The van der Waals surface area contributed by atoms with Crippen LogP contribution in [0.2, 0.25) is 0 Å². The number of thiocarbonyl (C=S) groups is 1. The van der Waals surface area contributed by atoms with E-state index in [1.165, 1.54) is 67.4 Å². The first-order valence-corrected chi connectivity index (χ1v) is 24.5. The lowest BCUT2D eigenvalue weighted by atomic mass is 10.1. The van der Waals surface area contributed by atoms with E-state index in [0.717, 1.165) is 65.8 Å². The molecule has 2 saturated heterocycles. The van der Waals surface area contributed by atoms with Crippen molar-refractivity contribution in [2.24, 2.45) is 10.7 Å². The van der Waals surface area contributed by atoms with E-state index < -0.39 is 5.82 Å². The highest BCUT2D eigenvalue weighted by atomic mass is 79.9. The molecule has 19 heteroatoms. The topological polar surface area (TPSA) is 160 Å². The Morgan fingerprint density at radius 3 is 1.92 bits per heavy atom. The van der Waals surface area contributed by atoms with Gasteiger partial charge in [0.05, 0.1) is 5.33 Å². The van der Waals surface area contributed by atoms with Crippen molar-refractivity contribution in [2.75, 3.05) is 67.6 Å². The molecule has 6 N–H and O–H groups in total. The Bertz CT molecular complexity index is 2350. The van der Waals surface area contributed by atoms with E-state index in [2.05, 4.69) is 69.7 Å². The van der Waals surface area contributed by atoms with Crippen molar-refractivity contribution >= 4 is 105 Å². The van der Waals surface area contributed by atoms with Crippen LogP contribution in [0.4, 0.5) is 31.1 Å². The number of thioether (sulfide) groups is 1. The summed E-state index contributed by atoms with van der Waals surface area (Å²) in [6.45, 7) is 3.69. The summed E-state index contributed by atoms with van der Waals surface area (Å²) in [5.74, 6) is 0.492. The summed E-state index contributed by atoms with van der Waals surface area (Å²) in [4.78, 5) is 36.9. The number of halogens is 3. The molecule has 0 bridgehead atoms. The Morgan fingerprint density at radius 1 is 0.891 bits per heavy atom. The number of aromatic nitrogens is 1. The van der Waals surface area contributed by atoms with Crippen molar-refractivity contribution in [3.8, 4) is 11.5 Å². The number of likely N-dealkylation sites (N-methyl/N-ethyl adjacent to an activating group) is 2. The van der Waals surface area contributed by atoms with Crippen molar-refractivity contribution in [3.63, 3.8) is 0 Å². The predicted molar refractivity (Wildman–Crippen MR) is 269 cm³/mol. The van der Waals surface area contributed by atoms with Gasteiger partial charge in [-0.05, 0) is 138 Å². The number of benzene rings is 4. The molecule has 340 valence electrons. The summed E-state index contributed by atoms with van der Waals surface area (Å²) in [6, 6.07) is 27.5. The van der Waals surface area contributed by atoms with Crippen molar-refractivity contribution in [1.29, 1.82) is 0 Å². The van der Waals surface area contributed by atoms with Gasteiger partial charge in [-0.2, -0.15) is 4.99 Å². The average Bonchev–Trinajstić information content (AvgIpc) is 4.01. The monoisotopic (exact) mass is 1010 g/mol. The summed E-state index contributed by atoms with van der Waals surface area (Å²) >= 11 is 10.7. The lowest BCUT2D eigenvalue weighted by molar-refractivity contribution is 0.102. The fourth-order valence-corrected chi connectivity index (χ4v) is 8.88. The fourth-order valence-electron chi connectivity index (χ4n) is 6.57. The molecule has 2 aliphatic rings. The SMILES string of the molecule is CN1CCC[C@H]1COc1ccc(NC(=S)N=C(N)SCP)cc1.CN1CCC[C@H]1COc1ccc(Nc2nc(N)c(C(=O)c3cccc(F)c3)s2)cc1.O=C(CBr)c1cccc(F)c1. The van der Waals surface area contributed by atoms with Gasteiger partial charge in [-0.25, -0.2) is 13.8 Å². The Labute approximate surface area is 397 Å². The Kier molecular flexibility index (Phi) is 20.3. The Hall–Kier alpha value is -4.55. The van der Waals surface area contributed by atoms with Gasteiger partial charge >= 0.3 is 0 Å². The maximum Gasteiger partial charge on any atom is 0.206 e. The summed E-state index contributed by atoms with van der Waals surface area (Å²) in [5, 5.41) is 7.73. The summed E-state index contributed by atoms with van der Waals surface area (Å²) in [6.07, 6.45) is 4.84. The number of nitrogen functional groups attached to an aromatic ring is 1. The van der Waals surface area contributed by atoms with Gasteiger partial charge in [-0.3, -0.25) is 9.59 Å². The molecule has 2 aliphatic heterocycles. The average molecular weight is 1010 g/mol. The molecule has 0 spiro atoms. The number of hydrogen-bond acceptors (Lipinski definition) is 12. The van der Waals surface area contributed by atoms with Gasteiger partial charge in [0.2, 0.25) is 5.78 Å². The van der Waals surface area contributed by atoms with E-state index in [0.29, 0.717) is 39.7 Å². The third kappa shape index (κ3) is 16.2. The number of nitrogens with two attached hydrogens (primary N) is 2. The number of thiazole rings is 1. The van der Waals surface area contributed by atoms with Crippen LogP contribution in [0, 0.1) is 11.6 Å². The molecule has 12 nitrogen and oxygen atoms in total. The first kappa shape index (κ1) is 50.4. The van der Waals surface area contributed by atoms with Crippen molar-refractivity contribution in [3.05, 3.63) is 125 Å². The summed E-state index contributed by atoms with van der Waals surface area (Å²) in [5.41, 5.74) is 14.8. The van der Waals surface area contributed by atoms with E-state index in [4.69, 9.17) is 33.2 Å². The van der Waals surface area contributed by atoms with E-state index in [9.17, 15) is 18.4 Å². The van der Waals surface area contributed by atoms with Crippen LogP contribution >= 0.6 is 60.5 Å². The first-order valence-electron chi connectivity index (χ1n) is 20.3. The smallest absolute Gasteiger partial charge is 0.206 e. The molecule has 0 saturated carbocycles. The number of likely N-dealkylation sites (tertiary alicyclic amines) is 2. The molecule has 4 aromatic carbocycles. The number of carbonyl (C=O) groups excluding carboxylic acids is 2. The van der Waals surface area contributed by atoms with Crippen LogP contribution in [0.1, 0.15) is 51.3 Å². The molecular weight excluding hydrogens is 962 g/mol. The summed E-state index contributed by atoms with van der Waals surface area (Å²) < 4.78 is 37.7. The largest absolute Gasteiger partial charge is 0.492 e. The van der Waals surface area contributed by atoms with Crippen LogP contribution in [-0.4, -0.2) is 99.9 Å². The number of amidine groups is 1. The minimum atomic E-state index is -0.468. The maximum atomic E-state index is 13.4. The molecule has 0 amide bonds. The van der Waals surface area contributed by atoms with Gasteiger partial charge in [-0.15, -0.1) is 9.24 Å². The number of ether oxygens (including phenoxy) is 2. The second-order valence-electron chi connectivity index (χ2n) is 14.7. The van der Waals surface area contributed by atoms with E-state index in [1.807, 2.05) is 48.5 Å². The number of carbonyl (C=O) groups is 2. The number of Topliss-reactive ketones (excluding diaryl/α,β-unsaturated/α-hetero) is 1. The van der Waals surface area contributed by atoms with E-state index >= 15 is 0 Å². The molecular formula is C45H52BrF2N8O4PS3. The molecule has 64 heavy (non-hydrogen) atoms. The molecule has 2 fully saturated rings. The van der Waals surface area contributed by atoms with Gasteiger partial charge < -0.3 is 41.4 Å². The van der Waals surface area contributed by atoms with Crippen LogP contribution in [0.15, 0.2) is 102 Å². The van der Waals surface area contributed by atoms with Crippen molar-refractivity contribution < 1.29 is 27.8 Å². The Balaban J connectivity index is 0.000000200. The van der Waals surface area contributed by atoms with Crippen molar-refractivity contribution in [2.45, 2.75) is 37.8 Å². The zero-order chi connectivity index (χ0) is 46.0. The fraction of sp³-hybridized carbons (Fsp3) is 0.311. The van der Waals surface area contributed by atoms with Crippen LogP contribution in [0.5, 0.6) is 11.5 Å². The predicted octanol–water partition coefficient (Wildman–Crippen LogP) is 9.45. The van der Waals surface area contributed by atoms with Crippen LogP contribution in [0.3, 0.4) is 0 Å². The molecule has 3 heterocycles. The van der Waals surface area contributed by atoms with E-state index in [1.54, 1.807) is 12.1 Å². The standard InChI is InChI=1S/C22H23FN4O2S.C15H23N4OPS2.C8H6BrFO/c1-27-11-3-6-17(27)13-29-18-9-7-16(8-10-18)25-22-26-21(24)20(30-22)19(28)14-4-2-5-15(23)12-14;1-19-8-2-3-12(19)9-20-13-6-4-11(5-7-13)17-15(22)18-14(16)23-10-21;9-5-8(11)6-2-1-3-7(10)4-6/h2,4-5,7-10,12,17H,3,6,11,13,24H2,1H3,(H,25,26);4-7,12H,2-3,8-10,21H2,1H3,(H3,16,17,18,22);1-4H,5H2/t17-;12-;/m00./s1. The summed E-state index contributed by atoms with van der Waals surface area (Å²) in [7, 11) is 6.85. The third-order valence-electron chi connectivity index (χ3n) is 10.1. The molecule has 1 unspecified atom stereocenters. The number of nitrogens with one attached hydrogen (secondary N) is 2. The van der Waals surface area contributed by atoms with Gasteiger partial charge in [-0.1, -0.05) is 63.3 Å².